The number of pyridine rings is 1. The summed E-state index contributed by atoms with van der Waals surface area (Å²) in [6.07, 6.45) is 0.395. The molecule has 0 bridgehead atoms. The maximum absolute atomic E-state index is 12.2. The van der Waals surface area contributed by atoms with Gasteiger partial charge in [0, 0.05) is 42.5 Å². The van der Waals surface area contributed by atoms with Crippen LogP contribution in [0, 0.1) is 11.3 Å². The van der Waals surface area contributed by atoms with E-state index in [0.717, 1.165) is 0 Å². The molecule has 0 saturated heterocycles. The van der Waals surface area contributed by atoms with Gasteiger partial charge in [0.1, 0.15) is 17.5 Å². The third kappa shape index (κ3) is 5.37. The Labute approximate surface area is 199 Å². The molecule has 2 amide bonds. The minimum absolute atomic E-state index is 0.172. The zero-order valence-corrected chi connectivity index (χ0v) is 20.7. The standard InChI is InChI=1S/C24H29ClN4O4/c1-8-33-21-16(14(2)29(23(31)32)24(3,4)5)11-18(25)17(12-26)20(21)15-9-10-19(27-13-15)22(30)28(6)7/h9-11,13-14H,8H2,1-7H3,(H,31,32). The maximum atomic E-state index is 12.2. The second-order valence-electron chi connectivity index (χ2n) is 8.70. The lowest BCUT2D eigenvalue weighted by Crippen LogP contribution is -2.46. The van der Waals surface area contributed by atoms with Gasteiger partial charge in [-0.05, 0) is 46.8 Å². The second kappa shape index (κ2) is 10.1. The fourth-order valence-electron chi connectivity index (χ4n) is 3.72. The molecule has 33 heavy (non-hydrogen) atoms. The van der Waals surface area contributed by atoms with Crippen molar-refractivity contribution in [3.05, 3.63) is 46.2 Å². The van der Waals surface area contributed by atoms with E-state index < -0.39 is 17.7 Å². The van der Waals surface area contributed by atoms with Crippen LogP contribution in [0.15, 0.2) is 24.4 Å². The van der Waals surface area contributed by atoms with E-state index >= 15 is 0 Å². The highest BCUT2D eigenvalue weighted by atomic mass is 35.5. The molecule has 1 heterocycles. The number of benzene rings is 1. The van der Waals surface area contributed by atoms with Gasteiger partial charge in [0.2, 0.25) is 0 Å². The molecule has 0 aliphatic rings. The number of carbonyl (C=O) groups excluding carboxylic acids is 1. The fraction of sp³-hybridized carbons (Fsp3) is 0.417. The topological polar surface area (TPSA) is 107 Å². The molecule has 2 rings (SSSR count). The number of nitrogens with zero attached hydrogens (tertiary/aromatic N) is 4. The lowest BCUT2D eigenvalue weighted by Gasteiger charge is -2.39. The molecule has 1 aromatic heterocycles. The summed E-state index contributed by atoms with van der Waals surface area (Å²) in [6, 6.07) is 6.31. The predicted octanol–water partition coefficient (Wildman–Crippen LogP) is 5.21. The average Bonchev–Trinajstić information content (AvgIpc) is 2.72. The Balaban J connectivity index is 2.81. The van der Waals surface area contributed by atoms with Crippen LogP contribution in [0.25, 0.3) is 11.1 Å². The van der Waals surface area contributed by atoms with Crippen molar-refractivity contribution in [1.82, 2.24) is 14.8 Å². The summed E-state index contributed by atoms with van der Waals surface area (Å²) in [5.41, 5.74) is 1.19. The van der Waals surface area contributed by atoms with Crippen molar-refractivity contribution in [3.8, 4) is 22.9 Å². The average molecular weight is 473 g/mol. The fourth-order valence-corrected chi connectivity index (χ4v) is 3.97. The van der Waals surface area contributed by atoms with Crippen molar-refractivity contribution >= 4 is 23.6 Å². The zero-order valence-electron chi connectivity index (χ0n) is 19.9. The van der Waals surface area contributed by atoms with Gasteiger partial charge in [0.05, 0.1) is 23.2 Å². The van der Waals surface area contributed by atoms with Crippen LogP contribution >= 0.6 is 11.6 Å². The molecule has 0 aliphatic carbocycles. The van der Waals surface area contributed by atoms with E-state index in [0.29, 0.717) is 22.4 Å². The van der Waals surface area contributed by atoms with Crippen molar-refractivity contribution in [2.75, 3.05) is 20.7 Å². The molecule has 0 saturated carbocycles. The van der Waals surface area contributed by atoms with E-state index in [2.05, 4.69) is 11.1 Å². The van der Waals surface area contributed by atoms with Gasteiger partial charge in [-0.3, -0.25) is 14.7 Å². The summed E-state index contributed by atoms with van der Waals surface area (Å²) in [5.74, 6) is 0.102. The van der Waals surface area contributed by atoms with Crippen LogP contribution in [0.2, 0.25) is 5.02 Å². The van der Waals surface area contributed by atoms with Crippen LogP contribution in [0.1, 0.15) is 62.3 Å². The Kier molecular flexibility index (Phi) is 7.93. The van der Waals surface area contributed by atoms with E-state index in [-0.39, 0.29) is 28.8 Å². The number of hydrogen-bond donors (Lipinski definition) is 1. The van der Waals surface area contributed by atoms with Crippen LogP contribution in [-0.2, 0) is 0 Å². The number of nitriles is 1. The predicted molar refractivity (Wildman–Crippen MR) is 127 cm³/mol. The smallest absolute Gasteiger partial charge is 0.408 e. The number of amides is 2. The lowest BCUT2D eigenvalue weighted by atomic mass is 9.92. The van der Waals surface area contributed by atoms with Crippen LogP contribution in [0.4, 0.5) is 4.79 Å². The first-order chi connectivity index (χ1) is 15.3. The number of aromatic nitrogens is 1. The highest BCUT2D eigenvalue weighted by Gasteiger charge is 2.35. The molecule has 176 valence electrons. The minimum Gasteiger partial charge on any atom is -0.493 e. The number of halogens is 1. The van der Waals surface area contributed by atoms with Crippen LogP contribution in [0.3, 0.4) is 0 Å². The van der Waals surface area contributed by atoms with Gasteiger partial charge in [-0.1, -0.05) is 17.7 Å². The van der Waals surface area contributed by atoms with Crippen molar-refractivity contribution in [1.29, 1.82) is 5.26 Å². The number of carboxylic acid groups (broad SMARTS) is 1. The van der Waals surface area contributed by atoms with Gasteiger partial charge < -0.3 is 14.7 Å². The molecule has 1 atom stereocenters. The largest absolute Gasteiger partial charge is 0.493 e. The maximum Gasteiger partial charge on any atom is 0.408 e. The Morgan fingerprint density at radius 2 is 1.94 bits per heavy atom. The van der Waals surface area contributed by atoms with Crippen LogP contribution in [0.5, 0.6) is 5.75 Å². The van der Waals surface area contributed by atoms with Gasteiger partial charge in [0.15, 0.2) is 0 Å². The Morgan fingerprint density at radius 3 is 2.36 bits per heavy atom. The monoisotopic (exact) mass is 472 g/mol. The van der Waals surface area contributed by atoms with Crippen LogP contribution < -0.4 is 4.74 Å². The van der Waals surface area contributed by atoms with E-state index in [1.807, 2.05) is 0 Å². The molecule has 0 fully saturated rings. The normalized spacial score (nSPS) is 12.0. The Morgan fingerprint density at radius 1 is 1.30 bits per heavy atom. The third-order valence-corrected chi connectivity index (χ3v) is 5.40. The van der Waals surface area contributed by atoms with Crippen molar-refractivity contribution in [2.24, 2.45) is 0 Å². The first-order valence-electron chi connectivity index (χ1n) is 10.4. The van der Waals surface area contributed by atoms with E-state index in [1.54, 1.807) is 66.9 Å². The SMILES string of the molecule is CCOc1c(C(C)N(C(=O)O)C(C)(C)C)cc(Cl)c(C#N)c1-c1ccc(C(=O)N(C)C)nc1. The molecule has 1 unspecified atom stereocenters. The highest BCUT2D eigenvalue weighted by Crippen LogP contribution is 2.44. The molecule has 0 radical (unpaired) electrons. The number of ether oxygens (including phenoxy) is 1. The first-order valence-corrected chi connectivity index (χ1v) is 10.8. The summed E-state index contributed by atoms with van der Waals surface area (Å²) < 4.78 is 5.97. The number of rotatable bonds is 6. The molecule has 9 heteroatoms. The molecular formula is C24H29ClN4O4. The Hall–Kier alpha value is -3.31. The summed E-state index contributed by atoms with van der Waals surface area (Å²) in [6.45, 7) is 9.24. The summed E-state index contributed by atoms with van der Waals surface area (Å²) in [5, 5.41) is 19.9. The highest BCUT2D eigenvalue weighted by molar-refractivity contribution is 6.32. The van der Waals surface area contributed by atoms with Crippen molar-refractivity contribution in [2.45, 2.75) is 46.2 Å². The summed E-state index contributed by atoms with van der Waals surface area (Å²) in [7, 11) is 3.26. The van der Waals surface area contributed by atoms with Gasteiger partial charge in [0.25, 0.3) is 5.91 Å². The van der Waals surface area contributed by atoms with Crippen molar-refractivity contribution < 1.29 is 19.4 Å². The van der Waals surface area contributed by atoms with Gasteiger partial charge in [-0.25, -0.2) is 4.79 Å². The quantitative estimate of drug-likeness (QED) is 0.618. The van der Waals surface area contributed by atoms with Gasteiger partial charge >= 0.3 is 6.09 Å². The number of carbonyl (C=O) groups is 2. The molecule has 8 nitrogen and oxygen atoms in total. The zero-order chi connectivity index (χ0) is 25.1. The summed E-state index contributed by atoms with van der Waals surface area (Å²) >= 11 is 6.50. The van der Waals surface area contributed by atoms with Crippen LogP contribution in [-0.4, -0.2) is 58.1 Å². The van der Waals surface area contributed by atoms with Gasteiger partial charge in [-0.2, -0.15) is 5.26 Å². The molecule has 0 aliphatic heterocycles. The van der Waals surface area contributed by atoms with E-state index in [1.165, 1.54) is 16.0 Å². The van der Waals surface area contributed by atoms with Gasteiger partial charge in [-0.15, -0.1) is 0 Å². The Bertz CT molecular complexity index is 1090. The molecule has 1 N–H and O–H groups in total. The minimum atomic E-state index is -1.09. The third-order valence-electron chi connectivity index (χ3n) is 5.10. The first kappa shape index (κ1) is 25.9. The van der Waals surface area contributed by atoms with E-state index in [9.17, 15) is 20.0 Å². The number of hydrogen-bond acceptors (Lipinski definition) is 5. The molecule has 2 aromatic rings. The molecule has 0 spiro atoms. The molecule has 1 aromatic carbocycles. The van der Waals surface area contributed by atoms with Crippen molar-refractivity contribution in [3.63, 3.8) is 0 Å². The lowest BCUT2D eigenvalue weighted by molar-refractivity contribution is 0.0743. The van der Waals surface area contributed by atoms with E-state index in [4.69, 9.17) is 16.3 Å². The second-order valence-corrected chi connectivity index (χ2v) is 9.11. The summed E-state index contributed by atoms with van der Waals surface area (Å²) in [4.78, 5) is 31.3. The molecular weight excluding hydrogens is 444 g/mol.